The van der Waals surface area contributed by atoms with Crippen LogP contribution in [-0.4, -0.2) is 32.8 Å². The van der Waals surface area contributed by atoms with Gasteiger partial charge in [-0.3, -0.25) is 9.36 Å². The summed E-state index contributed by atoms with van der Waals surface area (Å²) in [6.45, 7) is 3.11. The lowest BCUT2D eigenvalue weighted by atomic mass is 10.1. The normalized spacial score (nSPS) is 27.0. The molecule has 1 fully saturated rings. The van der Waals surface area contributed by atoms with Crippen molar-refractivity contribution >= 4 is 11.7 Å². The molecule has 1 saturated heterocycles. The summed E-state index contributed by atoms with van der Waals surface area (Å²) in [6.07, 6.45) is 1.41. The molecule has 0 saturated carbocycles. The first-order valence-electron chi connectivity index (χ1n) is 6.17. The molecule has 2 rings (SSSR count). The van der Waals surface area contributed by atoms with E-state index in [1.807, 2.05) is 0 Å². The minimum Gasteiger partial charge on any atom is -0.390 e. The highest BCUT2D eigenvalue weighted by Gasteiger charge is 2.28. The van der Waals surface area contributed by atoms with E-state index in [4.69, 9.17) is 4.74 Å². The molecular weight excluding hydrogens is 250 g/mol. The van der Waals surface area contributed by atoms with Crippen molar-refractivity contribution in [2.24, 2.45) is 0 Å². The molecule has 1 aliphatic rings. The fourth-order valence-electron chi connectivity index (χ4n) is 2.04. The Balaban J connectivity index is 2.17. The van der Waals surface area contributed by atoms with Crippen LogP contribution in [0.25, 0.3) is 0 Å². The second-order valence-corrected chi connectivity index (χ2v) is 4.62. The number of ether oxygens (including phenoxy) is 1. The van der Waals surface area contributed by atoms with Crippen LogP contribution in [0.2, 0.25) is 0 Å². The number of nitrogens with one attached hydrogen (secondary N) is 1. The van der Waals surface area contributed by atoms with Gasteiger partial charge < -0.3 is 15.2 Å². The Kier molecular flexibility index (Phi) is 3.96. The number of aliphatic hydroxyl groups is 1. The summed E-state index contributed by atoms with van der Waals surface area (Å²) in [4.78, 5) is 26.5. The third-order valence-corrected chi connectivity index (χ3v) is 3.07. The molecule has 104 valence electrons. The number of hydrogen-bond acceptors (Lipinski definition) is 5. The highest BCUT2D eigenvalue weighted by molar-refractivity contribution is 5.87. The van der Waals surface area contributed by atoms with E-state index in [2.05, 4.69) is 10.3 Å². The molecule has 0 radical (unpaired) electrons. The molecule has 0 aromatic carbocycles. The molecule has 3 unspecified atom stereocenters. The van der Waals surface area contributed by atoms with Crippen molar-refractivity contribution in [1.29, 1.82) is 0 Å². The van der Waals surface area contributed by atoms with E-state index in [0.29, 0.717) is 12.8 Å². The van der Waals surface area contributed by atoms with Crippen LogP contribution < -0.4 is 11.0 Å². The number of amides is 1. The van der Waals surface area contributed by atoms with E-state index in [1.165, 1.54) is 17.7 Å². The van der Waals surface area contributed by atoms with Crippen LogP contribution >= 0.6 is 0 Å². The van der Waals surface area contributed by atoms with Crippen molar-refractivity contribution < 1.29 is 14.6 Å². The van der Waals surface area contributed by atoms with Gasteiger partial charge in [-0.1, -0.05) is 0 Å². The van der Waals surface area contributed by atoms with E-state index in [-0.39, 0.29) is 17.8 Å². The van der Waals surface area contributed by atoms with E-state index < -0.39 is 18.0 Å². The summed E-state index contributed by atoms with van der Waals surface area (Å²) in [6, 6.07) is 1.54. The lowest BCUT2D eigenvalue weighted by Gasteiger charge is -2.32. The molecule has 1 aliphatic heterocycles. The number of rotatable bonds is 2. The van der Waals surface area contributed by atoms with Gasteiger partial charge in [-0.05, 0) is 25.8 Å². The number of aromatic nitrogens is 2. The summed E-state index contributed by atoms with van der Waals surface area (Å²) in [7, 11) is 0. The summed E-state index contributed by atoms with van der Waals surface area (Å²) in [5, 5.41) is 12.0. The van der Waals surface area contributed by atoms with Gasteiger partial charge in [-0.15, -0.1) is 0 Å². The van der Waals surface area contributed by atoms with Crippen LogP contribution in [0.1, 0.15) is 32.9 Å². The molecule has 0 bridgehead atoms. The first kappa shape index (κ1) is 13.7. The fraction of sp³-hybridized carbons (Fsp3) is 0.583. The van der Waals surface area contributed by atoms with Crippen molar-refractivity contribution in [3.63, 3.8) is 0 Å². The van der Waals surface area contributed by atoms with Crippen molar-refractivity contribution in [3.8, 4) is 0 Å². The van der Waals surface area contributed by atoms with Gasteiger partial charge in [0.25, 0.3) is 0 Å². The molecule has 1 aromatic rings. The molecule has 19 heavy (non-hydrogen) atoms. The molecule has 1 amide bonds. The largest absolute Gasteiger partial charge is 0.390 e. The average Bonchev–Trinajstić information content (AvgIpc) is 2.32. The monoisotopic (exact) mass is 267 g/mol. The summed E-state index contributed by atoms with van der Waals surface area (Å²) in [5.74, 6) is -0.0621. The van der Waals surface area contributed by atoms with Crippen molar-refractivity contribution in [2.75, 3.05) is 5.32 Å². The van der Waals surface area contributed by atoms with Crippen LogP contribution in [0.3, 0.4) is 0 Å². The SMILES string of the molecule is CC(=O)Nc1ccn(C2CCC(O)C(C)O2)c(=O)n1. The summed E-state index contributed by atoms with van der Waals surface area (Å²) in [5.41, 5.74) is -0.486. The number of aliphatic hydroxyl groups excluding tert-OH is 1. The Morgan fingerprint density at radius 1 is 1.58 bits per heavy atom. The molecular formula is C12H17N3O4. The Labute approximate surface area is 110 Å². The summed E-state index contributed by atoms with van der Waals surface area (Å²) < 4.78 is 6.94. The molecule has 2 heterocycles. The molecule has 7 nitrogen and oxygen atoms in total. The Bertz CT molecular complexity index is 528. The second kappa shape index (κ2) is 5.50. The standard InChI is InChI=1S/C12H17N3O4/c1-7-9(17)3-4-11(19-7)15-6-5-10(13-8(2)16)14-12(15)18/h5-7,9,11,17H,3-4H2,1-2H3,(H,13,14,16,18). The van der Waals surface area contributed by atoms with Gasteiger partial charge in [0.1, 0.15) is 12.0 Å². The van der Waals surface area contributed by atoms with Crippen LogP contribution in [0.4, 0.5) is 5.82 Å². The highest BCUT2D eigenvalue weighted by Crippen LogP contribution is 2.25. The first-order valence-corrected chi connectivity index (χ1v) is 6.17. The predicted octanol–water partition coefficient (Wildman–Crippen LogP) is 0.260. The lowest BCUT2D eigenvalue weighted by Crippen LogP contribution is -2.38. The third-order valence-electron chi connectivity index (χ3n) is 3.07. The van der Waals surface area contributed by atoms with Gasteiger partial charge in [0.05, 0.1) is 12.2 Å². The Hall–Kier alpha value is -1.73. The second-order valence-electron chi connectivity index (χ2n) is 4.62. The van der Waals surface area contributed by atoms with Crippen molar-refractivity contribution in [2.45, 2.75) is 45.1 Å². The highest BCUT2D eigenvalue weighted by atomic mass is 16.5. The predicted molar refractivity (Wildman–Crippen MR) is 67.6 cm³/mol. The van der Waals surface area contributed by atoms with Gasteiger partial charge in [0, 0.05) is 13.1 Å². The molecule has 2 N–H and O–H groups in total. The van der Waals surface area contributed by atoms with Crippen molar-refractivity contribution in [1.82, 2.24) is 9.55 Å². The quantitative estimate of drug-likeness (QED) is 0.801. The fourth-order valence-corrected chi connectivity index (χ4v) is 2.04. The molecule has 0 aliphatic carbocycles. The molecule has 3 atom stereocenters. The number of hydrogen-bond donors (Lipinski definition) is 2. The number of nitrogens with zero attached hydrogens (tertiary/aromatic N) is 2. The molecule has 1 aromatic heterocycles. The number of anilines is 1. The first-order chi connectivity index (χ1) is 8.97. The van der Waals surface area contributed by atoms with Crippen LogP contribution in [-0.2, 0) is 9.53 Å². The van der Waals surface area contributed by atoms with E-state index >= 15 is 0 Å². The minimum atomic E-state index is -0.501. The zero-order chi connectivity index (χ0) is 14.0. The van der Waals surface area contributed by atoms with Gasteiger partial charge in [0.2, 0.25) is 5.91 Å². The van der Waals surface area contributed by atoms with Gasteiger partial charge in [0.15, 0.2) is 0 Å². The van der Waals surface area contributed by atoms with Gasteiger partial charge in [-0.2, -0.15) is 4.98 Å². The molecule has 0 spiro atoms. The average molecular weight is 267 g/mol. The number of carbonyl (C=O) groups excluding carboxylic acids is 1. The lowest BCUT2D eigenvalue weighted by molar-refractivity contribution is -0.139. The third kappa shape index (κ3) is 3.18. The number of carbonyl (C=O) groups is 1. The maximum Gasteiger partial charge on any atom is 0.351 e. The van der Waals surface area contributed by atoms with E-state index in [0.717, 1.165) is 0 Å². The minimum absolute atomic E-state index is 0.220. The maximum atomic E-state index is 11.9. The van der Waals surface area contributed by atoms with Crippen molar-refractivity contribution in [3.05, 3.63) is 22.7 Å². The Morgan fingerprint density at radius 2 is 2.32 bits per heavy atom. The van der Waals surface area contributed by atoms with Crippen LogP contribution in [0.5, 0.6) is 0 Å². The van der Waals surface area contributed by atoms with Gasteiger partial charge in [-0.25, -0.2) is 4.79 Å². The smallest absolute Gasteiger partial charge is 0.351 e. The summed E-state index contributed by atoms with van der Waals surface area (Å²) >= 11 is 0. The topological polar surface area (TPSA) is 93.5 Å². The van der Waals surface area contributed by atoms with Crippen LogP contribution in [0, 0.1) is 0 Å². The zero-order valence-electron chi connectivity index (χ0n) is 10.9. The maximum absolute atomic E-state index is 11.9. The van der Waals surface area contributed by atoms with Gasteiger partial charge >= 0.3 is 5.69 Å². The van der Waals surface area contributed by atoms with E-state index in [9.17, 15) is 14.7 Å². The van der Waals surface area contributed by atoms with Crippen LogP contribution in [0.15, 0.2) is 17.1 Å². The van der Waals surface area contributed by atoms with E-state index in [1.54, 1.807) is 13.0 Å². The zero-order valence-corrected chi connectivity index (χ0v) is 10.9. The molecule has 7 heteroatoms. The Morgan fingerprint density at radius 3 is 2.89 bits per heavy atom.